The van der Waals surface area contributed by atoms with Crippen LogP contribution in [0.1, 0.15) is 29.5 Å². The molecule has 1 fully saturated rings. The molecule has 2 aromatic heterocycles. The topological polar surface area (TPSA) is 64.3 Å². The minimum absolute atomic E-state index is 0.256. The lowest BCUT2D eigenvalue weighted by atomic mass is 10.2. The van der Waals surface area contributed by atoms with Crippen molar-refractivity contribution >= 4 is 15.5 Å². The Labute approximate surface area is 99.4 Å². The van der Waals surface area contributed by atoms with E-state index in [1.807, 2.05) is 25.3 Å². The second-order valence-corrected chi connectivity index (χ2v) is 6.78. The lowest BCUT2D eigenvalue weighted by Crippen LogP contribution is -2.09. The van der Waals surface area contributed by atoms with Gasteiger partial charge >= 0.3 is 0 Å². The van der Waals surface area contributed by atoms with Crippen LogP contribution in [0.25, 0.3) is 5.65 Å². The molecule has 3 rings (SSSR count). The van der Waals surface area contributed by atoms with Crippen molar-refractivity contribution in [1.29, 1.82) is 0 Å². The zero-order chi connectivity index (χ0) is 12.0. The smallest absolute Gasteiger partial charge is 0.169 e. The summed E-state index contributed by atoms with van der Waals surface area (Å²) in [7, 11) is -3.04. The summed E-state index contributed by atoms with van der Waals surface area (Å²) >= 11 is 0. The Morgan fingerprint density at radius 1 is 1.41 bits per heavy atom. The van der Waals surface area contributed by atoms with E-state index in [1.54, 1.807) is 4.52 Å². The van der Waals surface area contributed by atoms with Crippen LogP contribution >= 0.6 is 0 Å². The molecule has 0 radical (unpaired) electrons. The van der Waals surface area contributed by atoms with Gasteiger partial charge in [0.2, 0.25) is 0 Å². The van der Waals surface area contributed by atoms with E-state index in [1.165, 1.54) is 0 Å². The second-order valence-electron chi connectivity index (χ2n) is 4.48. The summed E-state index contributed by atoms with van der Waals surface area (Å²) in [4.78, 5) is 4.30. The predicted molar refractivity (Wildman–Crippen MR) is 63.5 cm³/mol. The molecule has 0 aromatic carbocycles. The van der Waals surface area contributed by atoms with Gasteiger partial charge in [0.25, 0.3) is 0 Å². The van der Waals surface area contributed by atoms with E-state index >= 15 is 0 Å². The van der Waals surface area contributed by atoms with Crippen LogP contribution in [0.4, 0.5) is 0 Å². The van der Waals surface area contributed by atoms with Crippen LogP contribution in [-0.2, 0) is 9.84 Å². The van der Waals surface area contributed by atoms with Crippen LogP contribution in [0.2, 0.25) is 0 Å². The third-order valence-corrected chi connectivity index (χ3v) is 5.28. The molecule has 1 aliphatic heterocycles. The van der Waals surface area contributed by atoms with Crippen molar-refractivity contribution in [2.45, 2.75) is 25.0 Å². The van der Waals surface area contributed by atoms with Gasteiger partial charge in [-0.05, 0) is 31.4 Å². The highest BCUT2D eigenvalue weighted by Gasteiger charge is 2.35. The summed E-state index contributed by atoms with van der Waals surface area (Å²) in [5, 5.41) is 3.77. The standard InChI is InChI=1S/C11H13N3O2S/c1-8-4-5-10-12-11(13-14(10)7-8)9-3-2-6-17(9,15)16/h4-5,7,9H,2-3,6H2,1H3. The van der Waals surface area contributed by atoms with Crippen LogP contribution < -0.4 is 0 Å². The fourth-order valence-corrected chi connectivity index (χ4v) is 4.02. The van der Waals surface area contributed by atoms with Crippen LogP contribution in [0, 0.1) is 6.92 Å². The van der Waals surface area contributed by atoms with Gasteiger partial charge in [-0.1, -0.05) is 6.07 Å². The normalized spacial score (nSPS) is 23.2. The van der Waals surface area contributed by atoms with E-state index in [9.17, 15) is 8.42 Å². The highest BCUT2D eigenvalue weighted by atomic mass is 32.2. The number of aryl methyl sites for hydroxylation is 1. The molecule has 1 unspecified atom stereocenters. The van der Waals surface area contributed by atoms with Crippen LogP contribution in [0.15, 0.2) is 18.3 Å². The Balaban J connectivity index is 2.12. The number of sulfone groups is 1. The maximum absolute atomic E-state index is 11.8. The van der Waals surface area contributed by atoms with Crippen LogP contribution in [0.3, 0.4) is 0 Å². The first-order chi connectivity index (χ1) is 8.06. The van der Waals surface area contributed by atoms with Crippen molar-refractivity contribution in [1.82, 2.24) is 14.6 Å². The van der Waals surface area contributed by atoms with E-state index in [4.69, 9.17) is 0 Å². The summed E-state index contributed by atoms with van der Waals surface area (Å²) < 4.78 is 25.3. The molecule has 1 aliphatic rings. The quantitative estimate of drug-likeness (QED) is 0.766. The molecule has 0 N–H and O–H groups in total. The average molecular weight is 251 g/mol. The lowest BCUT2D eigenvalue weighted by molar-refractivity contribution is 0.588. The Kier molecular flexibility index (Phi) is 2.22. The summed E-state index contributed by atoms with van der Waals surface area (Å²) in [6.45, 7) is 1.97. The number of hydrogen-bond acceptors (Lipinski definition) is 4. The first-order valence-electron chi connectivity index (χ1n) is 5.61. The number of aromatic nitrogens is 3. The van der Waals surface area contributed by atoms with Crippen molar-refractivity contribution in [3.05, 3.63) is 29.7 Å². The highest BCUT2D eigenvalue weighted by molar-refractivity contribution is 7.91. The Bertz CT molecular complexity index is 675. The highest BCUT2D eigenvalue weighted by Crippen LogP contribution is 2.32. The number of hydrogen-bond donors (Lipinski definition) is 0. The molecule has 1 atom stereocenters. The van der Waals surface area contributed by atoms with Crippen LogP contribution in [-0.4, -0.2) is 28.8 Å². The first kappa shape index (κ1) is 10.7. The number of nitrogens with zero attached hydrogens (tertiary/aromatic N) is 3. The van der Waals surface area contributed by atoms with Crippen molar-refractivity contribution in [2.24, 2.45) is 0 Å². The first-order valence-corrected chi connectivity index (χ1v) is 7.32. The molecule has 17 heavy (non-hydrogen) atoms. The molecule has 0 amide bonds. The molecular formula is C11H13N3O2S. The van der Waals surface area contributed by atoms with Gasteiger partial charge < -0.3 is 0 Å². The van der Waals surface area contributed by atoms with Gasteiger partial charge in [0.05, 0.1) is 5.75 Å². The zero-order valence-electron chi connectivity index (χ0n) is 9.50. The Morgan fingerprint density at radius 3 is 2.94 bits per heavy atom. The third kappa shape index (κ3) is 1.72. The van der Waals surface area contributed by atoms with Crippen molar-refractivity contribution in [2.75, 3.05) is 5.75 Å². The molecule has 5 nitrogen and oxygen atoms in total. The van der Waals surface area contributed by atoms with E-state index in [-0.39, 0.29) is 5.75 Å². The molecule has 0 spiro atoms. The molecule has 0 bridgehead atoms. The maximum atomic E-state index is 11.8. The molecular weight excluding hydrogens is 238 g/mol. The average Bonchev–Trinajstić information content (AvgIpc) is 2.79. The zero-order valence-corrected chi connectivity index (χ0v) is 10.3. The van der Waals surface area contributed by atoms with Gasteiger partial charge in [0.1, 0.15) is 5.25 Å². The monoisotopic (exact) mass is 251 g/mol. The van der Waals surface area contributed by atoms with E-state index in [2.05, 4.69) is 10.1 Å². The predicted octanol–water partition coefficient (Wildman–Crippen LogP) is 1.29. The van der Waals surface area contributed by atoms with Gasteiger partial charge in [-0.2, -0.15) is 0 Å². The number of rotatable bonds is 1. The SMILES string of the molecule is Cc1ccc2nc(C3CCCS3(=O)=O)nn2c1. The molecule has 3 heterocycles. The third-order valence-electron chi connectivity index (χ3n) is 3.11. The minimum Gasteiger partial charge on any atom is -0.228 e. The summed E-state index contributed by atoms with van der Waals surface area (Å²) in [6, 6.07) is 3.80. The van der Waals surface area contributed by atoms with Crippen molar-refractivity contribution in [3.63, 3.8) is 0 Å². The lowest BCUT2D eigenvalue weighted by Gasteiger charge is -2.02. The fourth-order valence-electron chi connectivity index (χ4n) is 2.22. The summed E-state index contributed by atoms with van der Waals surface area (Å²) in [5.41, 5.74) is 1.77. The maximum Gasteiger partial charge on any atom is 0.169 e. The number of pyridine rings is 1. The Hall–Kier alpha value is -1.43. The summed E-state index contributed by atoms with van der Waals surface area (Å²) in [6.07, 6.45) is 3.20. The van der Waals surface area contributed by atoms with Crippen molar-refractivity contribution in [3.8, 4) is 0 Å². The van der Waals surface area contributed by atoms with E-state index in [0.29, 0.717) is 24.3 Å². The Morgan fingerprint density at radius 2 is 2.24 bits per heavy atom. The molecule has 6 heteroatoms. The van der Waals surface area contributed by atoms with E-state index < -0.39 is 15.1 Å². The summed E-state index contributed by atoms with van der Waals surface area (Å²) in [5.74, 6) is 0.694. The minimum atomic E-state index is -3.04. The molecule has 0 aliphatic carbocycles. The fraction of sp³-hybridized carbons (Fsp3) is 0.455. The van der Waals surface area contributed by atoms with Gasteiger partial charge in [-0.25, -0.2) is 17.9 Å². The largest absolute Gasteiger partial charge is 0.228 e. The second kappa shape index (κ2) is 3.53. The van der Waals surface area contributed by atoms with Gasteiger partial charge in [-0.3, -0.25) is 0 Å². The number of fused-ring (bicyclic) bond motifs is 1. The van der Waals surface area contributed by atoms with Gasteiger partial charge in [0.15, 0.2) is 21.3 Å². The molecule has 1 saturated heterocycles. The molecule has 2 aromatic rings. The van der Waals surface area contributed by atoms with E-state index in [0.717, 1.165) is 5.56 Å². The molecule has 90 valence electrons. The van der Waals surface area contributed by atoms with Gasteiger partial charge in [-0.15, -0.1) is 5.10 Å². The van der Waals surface area contributed by atoms with Crippen molar-refractivity contribution < 1.29 is 8.42 Å². The molecule has 0 saturated carbocycles. The van der Waals surface area contributed by atoms with Gasteiger partial charge in [0, 0.05) is 6.20 Å². The van der Waals surface area contributed by atoms with Crippen LogP contribution in [0.5, 0.6) is 0 Å².